The second-order valence-electron chi connectivity index (χ2n) is 13.9. The van der Waals surface area contributed by atoms with Crippen molar-refractivity contribution in [1.82, 2.24) is 0 Å². The van der Waals surface area contributed by atoms with Crippen molar-refractivity contribution in [2.75, 3.05) is 13.2 Å². The molecule has 0 aromatic heterocycles. The van der Waals surface area contributed by atoms with Gasteiger partial charge in [-0.2, -0.15) is 0 Å². The lowest BCUT2D eigenvalue weighted by Gasteiger charge is -2.17. The Kier molecular flexibility index (Phi) is 45.6. The van der Waals surface area contributed by atoms with Crippen LogP contribution in [0.4, 0.5) is 0 Å². The van der Waals surface area contributed by atoms with E-state index >= 15 is 0 Å². The quantitative estimate of drug-likeness (QED) is 0.0394. The first-order valence-electron chi connectivity index (χ1n) is 20.9. The Labute approximate surface area is 301 Å². The van der Waals surface area contributed by atoms with Crippen LogP contribution < -0.4 is 0 Å². The molecular weight excluding hydrogens is 619 g/mol. The van der Waals surface area contributed by atoms with Gasteiger partial charge in [0, 0.05) is 12.8 Å². The van der Waals surface area contributed by atoms with Gasteiger partial charge in [0.2, 0.25) is 0 Å². The highest BCUT2D eigenvalue weighted by molar-refractivity contribution is 7.24. The first-order chi connectivity index (χ1) is 23.5. The maximum absolute atomic E-state index is 12.3. The van der Waals surface area contributed by atoms with Gasteiger partial charge in [-0.3, -0.25) is 9.59 Å². The Bertz CT molecular complexity index is 630. The fourth-order valence-corrected chi connectivity index (χ4v) is 6.11. The van der Waals surface area contributed by atoms with Crippen molar-refractivity contribution >= 4 is 21.0 Å². The van der Waals surface area contributed by atoms with E-state index in [1.807, 2.05) is 0 Å². The van der Waals surface area contributed by atoms with Gasteiger partial charge in [-0.1, -0.05) is 207 Å². The lowest BCUT2D eigenvalue weighted by molar-refractivity contribution is -0.161. The fourth-order valence-electron chi connectivity index (χ4n) is 5.85. The van der Waals surface area contributed by atoms with Crippen LogP contribution in [0.3, 0.4) is 0 Å². The molecule has 0 saturated carbocycles. The topological polar surface area (TPSA) is 82.1 Å². The predicted octanol–water partition coefficient (Wildman–Crippen LogP) is 13.5. The maximum Gasteiger partial charge on any atom is 0.306 e. The Morgan fingerprint density at radius 1 is 0.438 bits per heavy atom. The molecular formula is C41H83O6P. The predicted molar refractivity (Wildman–Crippen MR) is 208 cm³/mol. The third-order valence-corrected chi connectivity index (χ3v) is 9.28. The summed E-state index contributed by atoms with van der Waals surface area (Å²) in [6.45, 7) is 8.96. The summed E-state index contributed by atoms with van der Waals surface area (Å²) in [4.78, 5) is 33.5. The molecule has 2 atom stereocenters. The van der Waals surface area contributed by atoms with Gasteiger partial charge in [-0.15, -0.1) is 0 Å². The van der Waals surface area contributed by atoms with Gasteiger partial charge in [0.15, 0.2) is 15.1 Å². The second-order valence-corrected chi connectivity index (χ2v) is 14.4. The number of carbonyl (C=O) groups is 2. The first-order valence-corrected chi connectivity index (χ1v) is 21.8. The van der Waals surface area contributed by atoms with Crippen LogP contribution in [0.1, 0.15) is 233 Å². The summed E-state index contributed by atoms with van der Waals surface area (Å²) in [7, 11) is -0.688. The Hall–Kier alpha value is -0.710. The van der Waals surface area contributed by atoms with Crippen molar-refractivity contribution in [3.8, 4) is 0 Å². The van der Waals surface area contributed by atoms with Crippen LogP contribution >= 0.6 is 9.03 Å². The Morgan fingerprint density at radius 2 is 0.750 bits per heavy atom. The smallest absolute Gasteiger partial charge is 0.306 e. The van der Waals surface area contributed by atoms with Crippen LogP contribution in [0.15, 0.2) is 0 Å². The van der Waals surface area contributed by atoms with E-state index in [2.05, 4.69) is 27.7 Å². The van der Waals surface area contributed by atoms with Gasteiger partial charge in [0.25, 0.3) is 0 Å². The van der Waals surface area contributed by atoms with Crippen molar-refractivity contribution in [1.29, 1.82) is 0 Å². The van der Waals surface area contributed by atoms with Crippen LogP contribution in [0.25, 0.3) is 0 Å². The van der Waals surface area contributed by atoms with Crippen molar-refractivity contribution < 1.29 is 28.5 Å². The monoisotopic (exact) mass is 703 g/mol. The molecule has 0 aliphatic heterocycles. The minimum atomic E-state index is -0.688. The van der Waals surface area contributed by atoms with E-state index < -0.39 is 15.1 Å². The molecule has 6 nitrogen and oxygen atoms in total. The van der Waals surface area contributed by atoms with Gasteiger partial charge in [-0.25, -0.2) is 0 Å². The van der Waals surface area contributed by atoms with E-state index in [-0.39, 0.29) is 25.2 Å². The molecule has 288 valence electrons. The van der Waals surface area contributed by atoms with Crippen molar-refractivity contribution in [2.45, 2.75) is 239 Å². The van der Waals surface area contributed by atoms with Crippen LogP contribution in [0.2, 0.25) is 0 Å². The van der Waals surface area contributed by atoms with Gasteiger partial charge in [-0.05, 0) is 12.8 Å². The van der Waals surface area contributed by atoms with E-state index in [0.717, 1.165) is 38.5 Å². The average molecular weight is 703 g/mol. The zero-order chi connectivity index (χ0) is 35.6. The summed E-state index contributed by atoms with van der Waals surface area (Å²) in [6, 6.07) is 0. The molecule has 1 N–H and O–H groups in total. The van der Waals surface area contributed by atoms with Crippen molar-refractivity contribution in [2.24, 2.45) is 0 Å². The zero-order valence-corrected chi connectivity index (χ0v) is 33.6. The summed E-state index contributed by atoms with van der Waals surface area (Å²) < 4.78 is 15.9. The fraction of sp³-hybridized carbons (Fsp3) is 0.951. The number of hydrogen-bond donors (Lipinski definition) is 1. The molecule has 7 heteroatoms. The van der Waals surface area contributed by atoms with Crippen LogP contribution in [0, 0.1) is 0 Å². The molecule has 0 saturated heterocycles. The number of unbranched alkanes of at least 4 members (excludes halogenated alkanes) is 27. The van der Waals surface area contributed by atoms with E-state index in [0.29, 0.717) is 12.8 Å². The number of hydrogen-bond acceptors (Lipinski definition) is 6. The normalized spacial score (nSPS) is 11.9. The molecule has 0 aliphatic rings. The molecule has 0 bridgehead atoms. The molecule has 0 aromatic carbocycles. The highest BCUT2D eigenvalue weighted by atomic mass is 31.1. The summed E-state index contributed by atoms with van der Waals surface area (Å²) in [6.07, 6.45) is 38.4. The van der Waals surface area contributed by atoms with Gasteiger partial charge < -0.3 is 18.9 Å². The summed E-state index contributed by atoms with van der Waals surface area (Å²) in [5.41, 5.74) is 0. The Morgan fingerprint density at radius 3 is 1.06 bits per heavy atom. The number of esters is 2. The largest absolute Gasteiger partial charge is 0.462 e. The highest BCUT2D eigenvalue weighted by Crippen LogP contribution is 2.16. The van der Waals surface area contributed by atoms with Crippen LogP contribution in [-0.2, 0) is 23.6 Å². The SMILES string of the molecule is CCCCC.CCCCCCCCCCCCCCCCCC(=O)O[C@H](COPO)COC(=O)CCCCCCCCCCCCCC. The maximum atomic E-state index is 12.3. The second kappa shape index (κ2) is 44.3. The third kappa shape index (κ3) is 43.3. The number of rotatable bonds is 37. The summed E-state index contributed by atoms with van der Waals surface area (Å²) in [5, 5.41) is 0. The molecule has 0 heterocycles. The molecule has 0 aromatic rings. The molecule has 1 unspecified atom stereocenters. The summed E-state index contributed by atoms with van der Waals surface area (Å²) >= 11 is 0. The molecule has 0 fully saturated rings. The highest BCUT2D eigenvalue weighted by Gasteiger charge is 2.17. The Balaban J connectivity index is 0. The minimum Gasteiger partial charge on any atom is -0.462 e. The number of carbonyl (C=O) groups excluding carboxylic acids is 2. The van der Waals surface area contributed by atoms with Crippen molar-refractivity contribution in [3.63, 3.8) is 0 Å². The lowest BCUT2D eigenvalue weighted by Crippen LogP contribution is -2.29. The molecule has 0 rings (SSSR count). The average Bonchev–Trinajstić information content (AvgIpc) is 3.08. The van der Waals surface area contributed by atoms with E-state index in [9.17, 15) is 9.59 Å². The van der Waals surface area contributed by atoms with E-state index in [1.54, 1.807) is 0 Å². The van der Waals surface area contributed by atoms with Gasteiger partial charge >= 0.3 is 11.9 Å². The molecule has 0 aliphatic carbocycles. The molecule has 0 radical (unpaired) electrons. The standard InChI is InChI=1S/C36H71O6P.C5H12/c1-3-5-7-9-11-13-15-17-18-19-21-23-25-27-29-31-36(38)42-34(33-41-43-39)32-40-35(37)30-28-26-24-22-20-16-14-12-10-8-6-4-2;1-3-5-4-2/h34,39,43H,3-33H2,1-2H3;3-5H2,1-2H3/t34-;/m0./s1. The van der Waals surface area contributed by atoms with E-state index in [1.165, 1.54) is 154 Å². The molecule has 48 heavy (non-hydrogen) atoms. The van der Waals surface area contributed by atoms with Gasteiger partial charge in [0.05, 0.1) is 6.61 Å². The molecule has 0 spiro atoms. The van der Waals surface area contributed by atoms with Crippen molar-refractivity contribution in [3.05, 3.63) is 0 Å². The minimum absolute atomic E-state index is 0.0217. The zero-order valence-electron chi connectivity index (χ0n) is 32.6. The van der Waals surface area contributed by atoms with Crippen LogP contribution in [0.5, 0.6) is 0 Å². The first kappa shape index (κ1) is 49.4. The third-order valence-electron chi connectivity index (χ3n) is 8.99. The lowest BCUT2D eigenvalue weighted by atomic mass is 10.0. The summed E-state index contributed by atoms with van der Waals surface area (Å²) in [5.74, 6) is -0.552. The number of ether oxygens (including phenoxy) is 2. The van der Waals surface area contributed by atoms with E-state index in [4.69, 9.17) is 18.9 Å². The van der Waals surface area contributed by atoms with Gasteiger partial charge in [0.1, 0.15) is 6.61 Å². The molecule has 0 amide bonds. The van der Waals surface area contributed by atoms with Crippen LogP contribution in [-0.4, -0.2) is 36.1 Å².